The van der Waals surface area contributed by atoms with E-state index in [9.17, 15) is 9.59 Å². The van der Waals surface area contributed by atoms with Gasteiger partial charge in [0.2, 0.25) is 0 Å². The lowest BCUT2D eigenvalue weighted by Crippen LogP contribution is -2.36. The molecule has 0 radical (unpaired) electrons. The van der Waals surface area contributed by atoms with Crippen LogP contribution in [0.2, 0.25) is 0 Å². The third-order valence-electron chi connectivity index (χ3n) is 4.38. The van der Waals surface area contributed by atoms with Gasteiger partial charge < -0.3 is 14.7 Å². The summed E-state index contributed by atoms with van der Waals surface area (Å²) in [6.07, 6.45) is 0.549. The summed E-state index contributed by atoms with van der Waals surface area (Å²) in [4.78, 5) is 31.0. The van der Waals surface area contributed by atoms with Gasteiger partial charge in [0.1, 0.15) is 5.76 Å². The van der Waals surface area contributed by atoms with E-state index in [1.807, 2.05) is 12.3 Å². The predicted octanol–water partition coefficient (Wildman–Crippen LogP) is 1.60. The Hall–Kier alpha value is -3.01. The van der Waals surface area contributed by atoms with Gasteiger partial charge >= 0.3 is 0 Å². The fourth-order valence-corrected chi connectivity index (χ4v) is 3.66. The zero-order chi connectivity index (χ0) is 19.0. The van der Waals surface area contributed by atoms with E-state index in [1.165, 1.54) is 0 Å². The van der Waals surface area contributed by atoms with Gasteiger partial charge in [-0.3, -0.25) is 14.7 Å². The zero-order valence-electron chi connectivity index (χ0n) is 14.9. The Bertz CT molecular complexity index is 1000. The maximum Gasteiger partial charge on any atom is 0.276 e. The van der Waals surface area contributed by atoms with Crippen molar-refractivity contribution >= 4 is 23.2 Å². The molecule has 0 saturated carbocycles. The van der Waals surface area contributed by atoms with Gasteiger partial charge in [-0.05, 0) is 20.3 Å². The van der Waals surface area contributed by atoms with Crippen molar-refractivity contribution in [3.63, 3.8) is 0 Å². The van der Waals surface area contributed by atoms with Crippen LogP contribution in [0.3, 0.4) is 0 Å². The fraction of sp³-hybridized carbons (Fsp3) is 0.353. The molecule has 140 valence electrons. The average Bonchev–Trinajstić information content (AvgIpc) is 3.38. The summed E-state index contributed by atoms with van der Waals surface area (Å²) < 4.78 is 4.97. The number of aromatic nitrogens is 4. The monoisotopic (exact) mass is 386 g/mol. The van der Waals surface area contributed by atoms with E-state index >= 15 is 0 Å². The number of nitrogens with zero attached hydrogens (tertiary/aromatic N) is 4. The third-order valence-corrected chi connectivity index (χ3v) is 5.20. The lowest BCUT2D eigenvalue weighted by molar-refractivity contribution is 0.0722. The van der Waals surface area contributed by atoms with Crippen molar-refractivity contribution in [1.82, 2.24) is 30.6 Å². The van der Waals surface area contributed by atoms with Crippen LogP contribution in [0.5, 0.6) is 0 Å². The number of carbonyl (C=O) groups excluding carboxylic acids is 2. The van der Waals surface area contributed by atoms with E-state index in [0.29, 0.717) is 37.5 Å². The number of nitrogens with one attached hydrogen (secondary N) is 2. The van der Waals surface area contributed by atoms with Crippen LogP contribution in [-0.2, 0) is 19.5 Å². The molecule has 0 saturated heterocycles. The van der Waals surface area contributed by atoms with Crippen LogP contribution in [-0.4, -0.2) is 43.6 Å². The highest BCUT2D eigenvalue weighted by atomic mass is 32.1. The van der Waals surface area contributed by atoms with Gasteiger partial charge in [-0.15, -0.1) is 11.3 Å². The topological polar surface area (TPSA) is 117 Å². The second-order valence-electron chi connectivity index (χ2n) is 6.37. The van der Waals surface area contributed by atoms with Crippen molar-refractivity contribution < 1.29 is 14.1 Å². The molecule has 1 aliphatic heterocycles. The number of amides is 2. The summed E-state index contributed by atoms with van der Waals surface area (Å²) in [5, 5.41) is 16.6. The van der Waals surface area contributed by atoms with Gasteiger partial charge in [-0.25, -0.2) is 4.98 Å². The molecule has 0 spiro atoms. The molecule has 3 aromatic rings. The summed E-state index contributed by atoms with van der Waals surface area (Å²) in [7, 11) is 0. The number of aryl methyl sites for hydroxylation is 2. The van der Waals surface area contributed by atoms with E-state index in [4.69, 9.17) is 4.52 Å². The molecule has 9 nitrogen and oxygen atoms in total. The Morgan fingerprint density at radius 2 is 2.26 bits per heavy atom. The van der Waals surface area contributed by atoms with Crippen LogP contribution in [0.4, 0.5) is 0 Å². The second-order valence-corrected chi connectivity index (χ2v) is 7.43. The lowest BCUT2D eigenvalue weighted by Gasteiger charge is -2.25. The van der Waals surface area contributed by atoms with E-state index < -0.39 is 0 Å². The zero-order valence-corrected chi connectivity index (χ0v) is 15.7. The van der Waals surface area contributed by atoms with Crippen molar-refractivity contribution in [3.8, 4) is 0 Å². The van der Waals surface area contributed by atoms with Crippen molar-refractivity contribution in [1.29, 1.82) is 0 Å². The van der Waals surface area contributed by atoms with Crippen LogP contribution < -0.4 is 5.32 Å². The molecule has 27 heavy (non-hydrogen) atoms. The Morgan fingerprint density at radius 3 is 2.96 bits per heavy atom. The number of H-pyrrole nitrogens is 1. The van der Waals surface area contributed by atoms with Gasteiger partial charge in [0, 0.05) is 23.6 Å². The maximum atomic E-state index is 12.5. The number of fused-ring (bicyclic) bond motifs is 1. The molecule has 3 aromatic heterocycles. The van der Waals surface area contributed by atoms with E-state index in [2.05, 4.69) is 25.7 Å². The number of aromatic amines is 1. The van der Waals surface area contributed by atoms with Crippen LogP contribution in [0, 0.1) is 13.8 Å². The van der Waals surface area contributed by atoms with Crippen molar-refractivity contribution in [3.05, 3.63) is 50.6 Å². The quantitative estimate of drug-likeness (QED) is 0.703. The van der Waals surface area contributed by atoms with Crippen LogP contribution >= 0.6 is 11.3 Å². The molecule has 2 amide bonds. The SMILES string of the molecule is Cc1cc(C(=O)N2CCc3c(C(=O)NCc4csc(C)n4)n[nH]c3C2)no1. The van der Waals surface area contributed by atoms with Gasteiger partial charge in [0.25, 0.3) is 11.8 Å². The number of hydrogen-bond acceptors (Lipinski definition) is 7. The minimum atomic E-state index is -0.245. The van der Waals surface area contributed by atoms with Crippen molar-refractivity contribution in [2.45, 2.75) is 33.4 Å². The van der Waals surface area contributed by atoms with Crippen molar-refractivity contribution in [2.75, 3.05) is 6.54 Å². The fourth-order valence-electron chi connectivity index (χ4n) is 3.05. The van der Waals surface area contributed by atoms with Crippen LogP contribution in [0.15, 0.2) is 16.0 Å². The highest BCUT2D eigenvalue weighted by Gasteiger charge is 2.29. The lowest BCUT2D eigenvalue weighted by atomic mass is 10.0. The Balaban J connectivity index is 1.43. The Labute approximate surface area is 158 Å². The predicted molar refractivity (Wildman–Crippen MR) is 96.3 cm³/mol. The minimum absolute atomic E-state index is 0.197. The van der Waals surface area contributed by atoms with Crippen molar-refractivity contribution in [2.24, 2.45) is 0 Å². The number of thiazole rings is 1. The van der Waals surface area contributed by atoms with Gasteiger partial charge in [0.15, 0.2) is 11.4 Å². The normalized spacial score (nSPS) is 13.5. The summed E-state index contributed by atoms with van der Waals surface area (Å²) in [5.41, 5.74) is 3.11. The number of carbonyl (C=O) groups is 2. The first-order valence-electron chi connectivity index (χ1n) is 8.49. The second kappa shape index (κ2) is 6.95. The smallest absolute Gasteiger partial charge is 0.276 e. The van der Waals surface area contributed by atoms with E-state index in [0.717, 1.165) is 22.0 Å². The molecule has 10 heteroatoms. The average molecular weight is 386 g/mol. The molecule has 1 aliphatic rings. The molecule has 0 atom stereocenters. The van der Waals surface area contributed by atoms with E-state index in [1.54, 1.807) is 29.2 Å². The summed E-state index contributed by atoms with van der Waals surface area (Å²) in [6.45, 7) is 4.87. The number of rotatable bonds is 4. The third kappa shape index (κ3) is 3.47. The van der Waals surface area contributed by atoms with Gasteiger partial charge in [-0.1, -0.05) is 5.16 Å². The number of hydrogen-bond donors (Lipinski definition) is 2. The molecule has 0 aliphatic carbocycles. The first-order chi connectivity index (χ1) is 13.0. The molecule has 0 unspecified atom stereocenters. The van der Waals surface area contributed by atoms with Crippen LogP contribution in [0.25, 0.3) is 0 Å². The highest BCUT2D eigenvalue weighted by Crippen LogP contribution is 2.22. The molecule has 4 heterocycles. The largest absolute Gasteiger partial charge is 0.361 e. The minimum Gasteiger partial charge on any atom is -0.361 e. The van der Waals surface area contributed by atoms with Crippen LogP contribution in [0.1, 0.15) is 48.7 Å². The molecule has 0 bridgehead atoms. The molecule has 0 aromatic carbocycles. The molecule has 4 rings (SSSR count). The molecule has 0 fully saturated rings. The summed E-state index contributed by atoms with van der Waals surface area (Å²) in [5.74, 6) is 0.147. The first-order valence-corrected chi connectivity index (χ1v) is 9.37. The standard InChI is InChI=1S/C17H18N6O3S/c1-9-5-13(22-26-9)17(25)23-4-3-12-14(7-23)20-21-15(12)16(24)18-6-11-8-27-10(2)19-11/h5,8H,3-4,6-7H2,1-2H3,(H,18,24)(H,20,21). The highest BCUT2D eigenvalue weighted by molar-refractivity contribution is 7.09. The Morgan fingerprint density at radius 1 is 1.41 bits per heavy atom. The Kier molecular flexibility index (Phi) is 4.48. The maximum absolute atomic E-state index is 12.5. The van der Waals surface area contributed by atoms with E-state index in [-0.39, 0.29) is 17.5 Å². The molecular formula is C17H18N6O3S. The summed E-state index contributed by atoms with van der Waals surface area (Å²) in [6, 6.07) is 1.61. The van der Waals surface area contributed by atoms with Gasteiger partial charge in [-0.2, -0.15) is 5.10 Å². The first kappa shape index (κ1) is 17.4. The molecular weight excluding hydrogens is 368 g/mol. The summed E-state index contributed by atoms with van der Waals surface area (Å²) >= 11 is 1.55. The molecule has 2 N–H and O–H groups in total. The van der Waals surface area contributed by atoms with Gasteiger partial charge in [0.05, 0.1) is 29.5 Å².